The second-order valence-electron chi connectivity index (χ2n) is 4.86. The van der Waals surface area contributed by atoms with Gasteiger partial charge in [0.2, 0.25) is 0 Å². The van der Waals surface area contributed by atoms with Gasteiger partial charge in [-0.3, -0.25) is 4.79 Å². The van der Waals surface area contributed by atoms with E-state index in [2.05, 4.69) is 18.3 Å². The van der Waals surface area contributed by atoms with Crippen LogP contribution in [0, 0.1) is 13.8 Å². The molecule has 0 fully saturated rings. The number of likely N-dealkylation sites (N-methyl/N-ethyl adjacent to an activating group) is 2. The largest absolute Gasteiger partial charge is 0.480 e. The standard InChI is InChI=1S/C14H22N2O2/c1-9-6-7-11(8-10(9)2)13(16(4)5)12(15-3)14(17)18/h6-8,12-13,15H,1-5H3,(H,17,18). The first-order valence-electron chi connectivity index (χ1n) is 6.02. The fraction of sp³-hybridized carbons (Fsp3) is 0.500. The summed E-state index contributed by atoms with van der Waals surface area (Å²) in [6, 6.07) is 5.29. The molecule has 4 nitrogen and oxygen atoms in total. The highest BCUT2D eigenvalue weighted by atomic mass is 16.4. The summed E-state index contributed by atoms with van der Waals surface area (Å²) < 4.78 is 0. The average Bonchev–Trinajstić information content (AvgIpc) is 2.28. The molecule has 100 valence electrons. The van der Waals surface area contributed by atoms with Gasteiger partial charge in [0.25, 0.3) is 0 Å². The van der Waals surface area contributed by atoms with Crippen LogP contribution in [0.1, 0.15) is 22.7 Å². The Labute approximate surface area is 109 Å². The third-order valence-electron chi connectivity index (χ3n) is 3.32. The Morgan fingerprint density at radius 1 is 1.28 bits per heavy atom. The van der Waals surface area contributed by atoms with Crippen LogP contribution in [0.15, 0.2) is 18.2 Å². The van der Waals surface area contributed by atoms with Crippen LogP contribution >= 0.6 is 0 Å². The lowest BCUT2D eigenvalue weighted by Gasteiger charge is -2.30. The maximum atomic E-state index is 11.3. The minimum absolute atomic E-state index is 0.188. The van der Waals surface area contributed by atoms with Gasteiger partial charge >= 0.3 is 5.97 Å². The highest BCUT2D eigenvalue weighted by molar-refractivity contribution is 5.74. The van der Waals surface area contributed by atoms with Crippen molar-refractivity contribution in [2.24, 2.45) is 0 Å². The summed E-state index contributed by atoms with van der Waals surface area (Å²) in [5.74, 6) is -0.838. The number of nitrogens with one attached hydrogen (secondary N) is 1. The number of rotatable bonds is 5. The van der Waals surface area contributed by atoms with Gasteiger partial charge in [-0.2, -0.15) is 0 Å². The summed E-state index contributed by atoms with van der Waals surface area (Å²) in [6.07, 6.45) is 0. The molecular weight excluding hydrogens is 228 g/mol. The highest BCUT2D eigenvalue weighted by Gasteiger charge is 2.29. The summed E-state index contributed by atoms with van der Waals surface area (Å²) in [4.78, 5) is 13.2. The molecule has 0 aliphatic carbocycles. The molecule has 1 aromatic carbocycles. The summed E-state index contributed by atoms with van der Waals surface area (Å²) in [5.41, 5.74) is 3.41. The van der Waals surface area contributed by atoms with Gasteiger partial charge in [-0.1, -0.05) is 18.2 Å². The molecule has 2 N–H and O–H groups in total. The minimum Gasteiger partial charge on any atom is -0.480 e. The molecule has 0 amide bonds. The minimum atomic E-state index is -0.838. The number of hydrogen-bond donors (Lipinski definition) is 2. The van der Waals surface area contributed by atoms with Crippen LogP contribution in [0.25, 0.3) is 0 Å². The average molecular weight is 250 g/mol. The second-order valence-corrected chi connectivity index (χ2v) is 4.86. The summed E-state index contributed by atoms with van der Waals surface area (Å²) in [7, 11) is 5.47. The number of aliphatic carboxylic acids is 1. The zero-order valence-corrected chi connectivity index (χ0v) is 11.7. The molecule has 4 heteroatoms. The Balaban J connectivity index is 3.19. The first kappa shape index (κ1) is 14.7. The number of nitrogens with zero attached hydrogens (tertiary/aromatic N) is 1. The first-order chi connectivity index (χ1) is 8.38. The summed E-state index contributed by atoms with van der Waals surface area (Å²) in [6.45, 7) is 4.09. The van der Waals surface area contributed by atoms with Crippen molar-refractivity contribution in [2.45, 2.75) is 25.9 Å². The van der Waals surface area contributed by atoms with Gasteiger partial charge in [0.15, 0.2) is 0 Å². The molecule has 2 unspecified atom stereocenters. The monoisotopic (exact) mass is 250 g/mol. The van der Waals surface area contributed by atoms with E-state index in [-0.39, 0.29) is 6.04 Å². The molecule has 18 heavy (non-hydrogen) atoms. The summed E-state index contributed by atoms with van der Waals surface area (Å²) >= 11 is 0. The maximum absolute atomic E-state index is 11.3. The normalized spacial score (nSPS) is 14.6. The van der Waals surface area contributed by atoms with Crippen LogP contribution in [0.5, 0.6) is 0 Å². The molecule has 0 spiro atoms. The molecule has 0 bridgehead atoms. The number of carboxylic acid groups (broad SMARTS) is 1. The number of carboxylic acids is 1. The smallest absolute Gasteiger partial charge is 0.322 e. The van der Waals surface area contributed by atoms with Crippen LogP contribution in [-0.4, -0.2) is 43.2 Å². The number of hydrogen-bond acceptors (Lipinski definition) is 3. The fourth-order valence-electron chi connectivity index (χ4n) is 2.15. The van der Waals surface area contributed by atoms with Gasteiger partial charge in [0.1, 0.15) is 6.04 Å². The molecule has 1 rings (SSSR count). The van der Waals surface area contributed by atoms with Crippen LogP contribution in [0.2, 0.25) is 0 Å². The Morgan fingerprint density at radius 2 is 1.89 bits per heavy atom. The maximum Gasteiger partial charge on any atom is 0.322 e. The SMILES string of the molecule is CNC(C(=O)O)C(c1ccc(C)c(C)c1)N(C)C. The van der Waals surface area contributed by atoms with Crippen molar-refractivity contribution >= 4 is 5.97 Å². The Hall–Kier alpha value is -1.39. The van der Waals surface area contributed by atoms with Crippen molar-refractivity contribution in [3.63, 3.8) is 0 Å². The van der Waals surface area contributed by atoms with Crippen molar-refractivity contribution in [3.8, 4) is 0 Å². The summed E-state index contributed by atoms with van der Waals surface area (Å²) in [5, 5.41) is 12.2. The van der Waals surface area contributed by atoms with Crippen LogP contribution in [-0.2, 0) is 4.79 Å². The van der Waals surface area contributed by atoms with Gasteiger partial charge < -0.3 is 15.3 Å². The van der Waals surface area contributed by atoms with Gasteiger partial charge in [0.05, 0.1) is 6.04 Å². The molecule has 0 radical (unpaired) electrons. The van der Waals surface area contributed by atoms with Crippen molar-refractivity contribution in [2.75, 3.05) is 21.1 Å². The second kappa shape index (κ2) is 5.98. The van der Waals surface area contributed by atoms with E-state index in [0.29, 0.717) is 0 Å². The predicted octanol–water partition coefficient (Wildman–Crippen LogP) is 1.58. The van der Waals surface area contributed by atoms with Crippen molar-refractivity contribution in [1.82, 2.24) is 10.2 Å². The van der Waals surface area contributed by atoms with E-state index in [9.17, 15) is 9.90 Å². The molecule has 1 aromatic rings. The van der Waals surface area contributed by atoms with E-state index in [1.165, 1.54) is 11.1 Å². The zero-order chi connectivity index (χ0) is 13.9. The Kier molecular flexibility index (Phi) is 4.87. The van der Waals surface area contributed by atoms with E-state index >= 15 is 0 Å². The van der Waals surface area contributed by atoms with E-state index in [1.54, 1.807) is 7.05 Å². The number of aryl methyl sites for hydroxylation is 2. The Morgan fingerprint density at radius 3 is 2.28 bits per heavy atom. The van der Waals surface area contributed by atoms with Gasteiger partial charge in [-0.25, -0.2) is 0 Å². The van der Waals surface area contributed by atoms with Gasteiger partial charge in [0, 0.05) is 0 Å². The first-order valence-corrected chi connectivity index (χ1v) is 6.02. The molecule has 0 heterocycles. The van der Waals surface area contributed by atoms with E-state index in [4.69, 9.17) is 0 Å². The molecule has 0 saturated heterocycles. The van der Waals surface area contributed by atoms with Crippen molar-refractivity contribution in [1.29, 1.82) is 0 Å². The van der Waals surface area contributed by atoms with Gasteiger partial charge in [-0.05, 0) is 51.7 Å². The van der Waals surface area contributed by atoms with Crippen molar-refractivity contribution < 1.29 is 9.90 Å². The molecule has 0 aliphatic rings. The van der Waals surface area contributed by atoms with Gasteiger partial charge in [-0.15, -0.1) is 0 Å². The topological polar surface area (TPSA) is 52.6 Å². The van der Waals surface area contributed by atoms with Crippen LogP contribution in [0.3, 0.4) is 0 Å². The zero-order valence-electron chi connectivity index (χ0n) is 11.7. The molecule has 0 aliphatic heterocycles. The van der Waals surface area contributed by atoms with Crippen LogP contribution < -0.4 is 5.32 Å². The third-order valence-corrected chi connectivity index (χ3v) is 3.32. The lowest BCUT2D eigenvalue weighted by atomic mass is 9.95. The number of benzene rings is 1. The fourth-order valence-corrected chi connectivity index (χ4v) is 2.15. The van der Waals surface area contributed by atoms with E-state index < -0.39 is 12.0 Å². The quantitative estimate of drug-likeness (QED) is 0.833. The lowest BCUT2D eigenvalue weighted by molar-refractivity contribution is -0.141. The van der Waals surface area contributed by atoms with Crippen LogP contribution in [0.4, 0.5) is 0 Å². The Bertz CT molecular complexity index is 430. The molecular formula is C14H22N2O2. The predicted molar refractivity (Wildman–Crippen MR) is 72.8 cm³/mol. The lowest BCUT2D eigenvalue weighted by Crippen LogP contribution is -2.45. The highest BCUT2D eigenvalue weighted by Crippen LogP contribution is 2.24. The molecule has 0 saturated carbocycles. The molecule has 2 atom stereocenters. The van der Waals surface area contributed by atoms with Crippen molar-refractivity contribution in [3.05, 3.63) is 34.9 Å². The number of carbonyl (C=O) groups is 1. The molecule has 0 aromatic heterocycles. The third kappa shape index (κ3) is 3.09. The van der Waals surface area contributed by atoms with E-state index in [1.807, 2.05) is 38.1 Å². The van der Waals surface area contributed by atoms with E-state index in [0.717, 1.165) is 5.56 Å².